The van der Waals surface area contributed by atoms with Crippen molar-refractivity contribution in [1.29, 1.82) is 0 Å². The predicted molar refractivity (Wildman–Crippen MR) is 127 cm³/mol. The van der Waals surface area contributed by atoms with Crippen LogP contribution in [-0.2, 0) is 6.42 Å². The summed E-state index contributed by atoms with van der Waals surface area (Å²) in [4.78, 5) is 9.60. The largest absolute Gasteiger partial charge is 0.356 e. The van der Waals surface area contributed by atoms with E-state index in [0.717, 1.165) is 49.4 Å². The van der Waals surface area contributed by atoms with E-state index in [0.29, 0.717) is 0 Å². The first-order valence-electron chi connectivity index (χ1n) is 10.2. The highest BCUT2D eigenvalue weighted by atomic mass is 127. The van der Waals surface area contributed by atoms with Crippen LogP contribution in [0, 0.1) is 5.92 Å². The average Bonchev–Trinajstić information content (AvgIpc) is 3.12. The van der Waals surface area contributed by atoms with Crippen molar-refractivity contribution < 1.29 is 0 Å². The third kappa shape index (κ3) is 7.09. The van der Waals surface area contributed by atoms with Crippen LogP contribution in [-0.4, -0.2) is 62.1 Å². The standard InChI is InChI=1S/C21H33ClN4.HI/c1-23-21(24-12-7-9-19-8-3-4-10-20(19)22)26-15-11-18(17-26)16-25-13-5-2-6-14-25;/h3-4,8,10,18H,2,5-7,9,11-17H2,1H3,(H,23,24);1H. The third-order valence-electron chi connectivity index (χ3n) is 5.63. The number of rotatable bonds is 6. The fraction of sp³-hybridized carbons (Fsp3) is 0.667. The van der Waals surface area contributed by atoms with E-state index in [-0.39, 0.29) is 24.0 Å². The molecule has 2 saturated heterocycles. The van der Waals surface area contributed by atoms with Crippen LogP contribution in [0.25, 0.3) is 0 Å². The second-order valence-electron chi connectivity index (χ2n) is 7.63. The number of nitrogens with zero attached hydrogens (tertiary/aromatic N) is 3. The van der Waals surface area contributed by atoms with E-state index in [1.165, 1.54) is 50.9 Å². The summed E-state index contributed by atoms with van der Waals surface area (Å²) < 4.78 is 0. The van der Waals surface area contributed by atoms with Gasteiger partial charge in [0.1, 0.15) is 0 Å². The number of aliphatic imine (C=N–C) groups is 1. The molecule has 1 N–H and O–H groups in total. The Hall–Kier alpha value is -0.530. The summed E-state index contributed by atoms with van der Waals surface area (Å²) in [5.74, 6) is 1.85. The van der Waals surface area contributed by atoms with Gasteiger partial charge in [0.05, 0.1) is 0 Å². The predicted octanol–water partition coefficient (Wildman–Crippen LogP) is 4.27. The molecule has 0 saturated carbocycles. The second kappa shape index (κ2) is 12.1. The molecule has 2 fully saturated rings. The quantitative estimate of drug-likeness (QED) is 0.272. The molecule has 0 radical (unpaired) electrons. The van der Waals surface area contributed by atoms with Crippen molar-refractivity contribution in [3.63, 3.8) is 0 Å². The SMILES string of the molecule is CN=C(NCCCc1ccccc1Cl)N1CCC(CN2CCCCC2)C1.I. The Labute approximate surface area is 186 Å². The number of nitrogens with one attached hydrogen (secondary N) is 1. The molecule has 0 bridgehead atoms. The van der Waals surface area contributed by atoms with Gasteiger partial charge >= 0.3 is 0 Å². The van der Waals surface area contributed by atoms with E-state index in [1.54, 1.807) is 0 Å². The van der Waals surface area contributed by atoms with Gasteiger partial charge in [0, 0.05) is 38.2 Å². The van der Waals surface area contributed by atoms with Crippen LogP contribution >= 0.6 is 35.6 Å². The first-order chi connectivity index (χ1) is 12.8. The maximum Gasteiger partial charge on any atom is 0.193 e. The molecule has 0 aliphatic carbocycles. The van der Waals surface area contributed by atoms with Crippen molar-refractivity contribution in [2.75, 3.05) is 46.3 Å². The zero-order valence-electron chi connectivity index (χ0n) is 16.5. The van der Waals surface area contributed by atoms with Crippen LogP contribution in [0.3, 0.4) is 0 Å². The molecule has 2 aliphatic rings. The first kappa shape index (κ1) is 22.8. The first-order valence-corrected chi connectivity index (χ1v) is 10.6. The lowest BCUT2D eigenvalue weighted by atomic mass is 10.1. The molecule has 27 heavy (non-hydrogen) atoms. The van der Waals surface area contributed by atoms with Crippen molar-refractivity contribution >= 4 is 41.5 Å². The van der Waals surface area contributed by atoms with E-state index < -0.39 is 0 Å². The molecule has 1 unspecified atom stereocenters. The van der Waals surface area contributed by atoms with Crippen molar-refractivity contribution in [3.05, 3.63) is 34.9 Å². The van der Waals surface area contributed by atoms with Gasteiger partial charge in [0.25, 0.3) is 0 Å². The number of hydrogen-bond donors (Lipinski definition) is 1. The van der Waals surface area contributed by atoms with Gasteiger partial charge < -0.3 is 15.1 Å². The van der Waals surface area contributed by atoms with Crippen LogP contribution in [0.4, 0.5) is 0 Å². The number of aryl methyl sites for hydroxylation is 1. The molecule has 0 amide bonds. The van der Waals surface area contributed by atoms with E-state index in [1.807, 2.05) is 19.2 Å². The molecular formula is C21H34ClIN4. The lowest BCUT2D eigenvalue weighted by molar-refractivity contribution is 0.198. The van der Waals surface area contributed by atoms with Crippen LogP contribution in [0.1, 0.15) is 37.7 Å². The monoisotopic (exact) mass is 504 g/mol. The van der Waals surface area contributed by atoms with Crippen LogP contribution < -0.4 is 5.32 Å². The summed E-state index contributed by atoms with van der Waals surface area (Å²) in [6, 6.07) is 8.12. The smallest absolute Gasteiger partial charge is 0.193 e. The van der Waals surface area contributed by atoms with Gasteiger partial charge in [-0.2, -0.15) is 0 Å². The van der Waals surface area contributed by atoms with Crippen LogP contribution in [0.5, 0.6) is 0 Å². The minimum atomic E-state index is 0. The van der Waals surface area contributed by atoms with Gasteiger partial charge in [-0.25, -0.2) is 0 Å². The van der Waals surface area contributed by atoms with Gasteiger partial charge in [-0.1, -0.05) is 36.2 Å². The highest BCUT2D eigenvalue weighted by Crippen LogP contribution is 2.20. The zero-order chi connectivity index (χ0) is 18.2. The molecule has 0 aromatic heterocycles. The van der Waals surface area contributed by atoms with E-state index in [4.69, 9.17) is 11.6 Å². The molecule has 4 nitrogen and oxygen atoms in total. The summed E-state index contributed by atoms with van der Waals surface area (Å²) in [5.41, 5.74) is 1.23. The molecule has 3 rings (SSSR count). The molecule has 0 spiro atoms. The highest BCUT2D eigenvalue weighted by molar-refractivity contribution is 14.0. The Morgan fingerprint density at radius 1 is 1.19 bits per heavy atom. The number of piperidine rings is 1. The van der Waals surface area contributed by atoms with Gasteiger partial charge in [-0.15, -0.1) is 24.0 Å². The van der Waals surface area contributed by atoms with Gasteiger partial charge in [0.2, 0.25) is 0 Å². The van der Waals surface area contributed by atoms with Crippen LogP contribution in [0.2, 0.25) is 5.02 Å². The molecule has 1 aromatic carbocycles. The summed E-state index contributed by atoms with van der Waals surface area (Å²) in [6.07, 6.45) is 7.53. The Kier molecular flexibility index (Phi) is 10.2. The summed E-state index contributed by atoms with van der Waals surface area (Å²) in [7, 11) is 1.90. The van der Waals surface area contributed by atoms with Gasteiger partial charge in [-0.3, -0.25) is 4.99 Å². The number of guanidine groups is 1. The molecule has 2 aliphatic heterocycles. The van der Waals surface area contributed by atoms with Crippen molar-refractivity contribution in [2.45, 2.75) is 38.5 Å². The fourth-order valence-corrected chi connectivity index (χ4v) is 4.42. The lowest BCUT2D eigenvalue weighted by Crippen LogP contribution is -2.41. The minimum Gasteiger partial charge on any atom is -0.356 e. The Morgan fingerprint density at radius 3 is 2.70 bits per heavy atom. The molecule has 1 atom stereocenters. The number of hydrogen-bond acceptors (Lipinski definition) is 2. The zero-order valence-corrected chi connectivity index (χ0v) is 19.6. The fourth-order valence-electron chi connectivity index (χ4n) is 4.19. The minimum absolute atomic E-state index is 0. The molecule has 152 valence electrons. The number of halogens is 2. The third-order valence-corrected chi connectivity index (χ3v) is 5.99. The topological polar surface area (TPSA) is 30.9 Å². The Bertz CT molecular complexity index is 589. The normalized spacial score (nSPS) is 21.2. The Morgan fingerprint density at radius 2 is 1.96 bits per heavy atom. The lowest BCUT2D eigenvalue weighted by Gasteiger charge is -2.29. The van der Waals surface area contributed by atoms with E-state index >= 15 is 0 Å². The maximum absolute atomic E-state index is 6.24. The van der Waals surface area contributed by atoms with Crippen molar-refractivity contribution in [1.82, 2.24) is 15.1 Å². The Balaban J connectivity index is 0.00000261. The van der Waals surface area contributed by atoms with E-state index in [2.05, 4.69) is 32.2 Å². The van der Waals surface area contributed by atoms with Crippen molar-refractivity contribution in [2.24, 2.45) is 10.9 Å². The van der Waals surface area contributed by atoms with Gasteiger partial charge in [-0.05, 0) is 62.7 Å². The average molecular weight is 505 g/mol. The highest BCUT2D eigenvalue weighted by Gasteiger charge is 2.26. The number of likely N-dealkylation sites (tertiary alicyclic amines) is 2. The summed E-state index contributed by atoms with van der Waals surface area (Å²) >= 11 is 6.24. The second-order valence-corrected chi connectivity index (χ2v) is 8.04. The summed E-state index contributed by atoms with van der Waals surface area (Å²) in [5, 5.41) is 4.42. The van der Waals surface area contributed by atoms with Gasteiger partial charge in [0.15, 0.2) is 5.96 Å². The molecule has 6 heteroatoms. The molecule has 1 aromatic rings. The van der Waals surface area contributed by atoms with Crippen LogP contribution in [0.15, 0.2) is 29.3 Å². The maximum atomic E-state index is 6.24. The summed E-state index contributed by atoms with van der Waals surface area (Å²) in [6.45, 7) is 7.06. The van der Waals surface area contributed by atoms with Crippen molar-refractivity contribution in [3.8, 4) is 0 Å². The molecule has 2 heterocycles. The van der Waals surface area contributed by atoms with E-state index in [9.17, 15) is 0 Å². The molecular weight excluding hydrogens is 471 g/mol. The number of benzene rings is 1.